The van der Waals surface area contributed by atoms with Gasteiger partial charge in [0.2, 0.25) is 0 Å². The molecule has 0 aromatic heterocycles. The third-order valence-electron chi connectivity index (χ3n) is 4.37. The third-order valence-corrected chi connectivity index (χ3v) is 4.37. The van der Waals surface area contributed by atoms with Gasteiger partial charge in [-0.3, -0.25) is 0 Å². The highest BCUT2D eigenvalue weighted by Gasteiger charge is 2.22. The maximum Gasteiger partial charge on any atom is 0.0210 e. The van der Waals surface area contributed by atoms with E-state index in [2.05, 4.69) is 45.1 Å². The van der Waals surface area contributed by atoms with Gasteiger partial charge in [0.25, 0.3) is 0 Å². The van der Waals surface area contributed by atoms with Gasteiger partial charge in [0, 0.05) is 12.6 Å². The van der Waals surface area contributed by atoms with Crippen LogP contribution in [0.2, 0.25) is 0 Å². The number of nitrogens with one attached hydrogen (secondary N) is 1. The summed E-state index contributed by atoms with van der Waals surface area (Å²) in [5, 5.41) is 3.74. The van der Waals surface area contributed by atoms with Gasteiger partial charge in [0.05, 0.1) is 0 Å². The Morgan fingerprint density at radius 1 is 1.06 bits per heavy atom. The molecule has 0 saturated heterocycles. The molecular weight excluding hydrogens is 206 g/mol. The molecule has 2 rings (SSSR count). The van der Waals surface area contributed by atoms with Crippen LogP contribution in [0.3, 0.4) is 0 Å². The molecule has 0 radical (unpaired) electrons. The number of aryl methyl sites for hydroxylation is 3. The Hall–Kier alpha value is -0.820. The fourth-order valence-electron chi connectivity index (χ4n) is 2.90. The van der Waals surface area contributed by atoms with E-state index in [1.54, 1.807) is 0 Å². The van der Waals surface area contributed by atoms with Gasteiger partial charge in [-0.2, -0.15) is 0 Å². The first kappa shape index (κ1) is 12.6. The van der Waals surface area contributed by atoms with E-state index in [9.17, 15) is 0 Å². The van der Waals surface area contributed by atoms with Crippen LogP contribution in [0.1, 0.15) is 48.4 Å². The van der Waals surface area contributed by atoms with E-state index in [1.807, 2.05) is 0 Å². The lowest BCUT2D eigenvalue weighted by Crippen LogP contribution is -2.30. The molecule has 1 nitrogen and oxygen atoms in total. The molecular formula is C16H25N. The van der Waals surface area contributed by atoms with E-state index < -0.39 is 0 Å². The summed E-state index contributed by atoms with van der Waals surface area (Å²) >= 11 is 0. The molecule has 0 aliphatic heterocycles. The van der Waals surface area contributed by atoms with Crippen molar-refractivity contribution >= 4 is 0 Å². The maximum absolute atomic E-state index is 3.74. The van der Waals surface area contributed by atoms with Crippen molar-refractivity contribution in [2.24, 2.45) is 5.92 Å². The van der Waals surface area contributed by atoms with Crippen molar-refractivity contribution in [3.8, 4) is 0 Å². The summed E-state index contributed by atoms with van der Waals surface area (Å²) in [4.78, 5) is 0. The zero-order valence-electron chi connectivity index (χ0n) is 11.6. The van der Waals surface area contributed by atoms with Gasteiger partial charge in [-0.15, -0.1) is 0 Å². The van der Waals surface area contributed by atoms with Crippen LogP contribution in [0.4, 0.5) is 0 Å². The second-order valence-corrected chi connectivity index (χ2v) is 5.76. The third kappa shape index (κ3) is 2.90. The Morgan fingerprint density at radius 2 is 1.76 bits per heavy atom. The topological polar surface area (TPSA) is 12.0 Å². The highest BCUT2D eigenvalue weighted by Crippen LogP contribution is 2.25. The van der Waals surface area contributed by atoms with Gasteiger partial charge >= 0.3 is 0 Å². The van der Waals surface area contributed by atoms with Gasteiger partial charge in [-0.1, -0.05) is 25.5 Å². The van der Waals surface area contributed by atoms with E-state index in [0.29, 0.717) is 0 Å². The van der Waals surface area contributed by atoms with Crippen LogP contribution in [0.25, 0.3) is 0 Å². The molecule has 0 amide bonds. The zero-order valence-corrected chi connectivity index (χ0v) is 11.6. The average molecular weight is 231 g/mol. The van der Waals surface area contributed by atoms with Crippen molar-refractivity contribution in [2.45, 2.75) is 59.5 Å². The van der Waals surface area contributed by atoms with Gasteiger partial charge in [-0.25, -0.2) is 0 Å². The molecule has 1 saturated carbocycles. The van der Waals surface area contributed by atoms with Crippen molar-refractivity contribution in [1.82, 2.24) is 5.32 Å². The van der Waals surface area contributed by atoms with Gasteiger partial charge < -0.3 is 5.32 Å². The minimum Gasteiger partial charge on any atom is -0.310 e. The van der Waals surface area contributed by atoms with E-state index in [0.717, 1.165) is 18.5 Å². The van der Waals surface area contributed by atoms with Crippen LogP contribution < -0.4 is 5.32 Å². The molecule has 2 unspecified atom stereocenters. The van der Waals surface area contributed by atoms with E-state index >= 15 is 0 Å². The van der Waals surface area contributed by atoms with E-state index in [1.165, 1.54) is 41.5 Å². The summed E-state index contributed by atoms with van der Waals surface area (Å²) in [5.41, 5.74) is 5.70. The predicted molar refractivity (Wildman–Crippen MR) is 74.3 cm³/mol. The summed E-state index contributed by atoms with van der Waals surface area (Å²) in [7, 11) is 0. The summed E-state index contributed by atoms with van der Waals surface area (Å²) in [6, 6.07) is 5.39. The van der Waals surface area contributed by atoms with Crippen molar-refractivity contribution in [3.05, 3.63) is 34.4 Å². The number of hydrogen-bond donors (Lipinski definition) is 1. The van der Waals surface area contributed by atoms with Gasteiger partial charge in [0.1, 0.15) is 0 Å². The monoisotopic (exact) mass is 231 g/mol. The molecule has 17 heavy (non-hydrogen) atoms. The predicted octanol–water partition coefficient (Wildman–Crippen LogP) is 3.89. The van der Waals surface area contributed by atoms with Crippen LogP contribution >= 0.6 is 0 Å². The molecule has 1 heteroatoms. The highest BCUT2D eigenvalue weighted by atomic mass is 14.9. The Balaban J connectivity index is 2.01. The summed E-state index contributed by atoms with van der Waals surface area (Å²) in [6.45, 7) is 10.0. The molecule has 1 aliphatic carbocycles. The zero-order chi connectivity index (χ0) is 12.4. The molecule has 0 bridgehead atoms. The fourth-order valence-corrected chi connectivity index (χ4v) is 2.90. The highest BCUT2D eigenvalue weighted by molar-refractivity contribution is 5.36. The van der Waals surface area contributed by atoms with E-state index in [-0.39, 0.29) is 0 Å². The van der Waals surface area contributed by atoms with Crippen molar-refractivity contribution in [1.29, 1.82) is 0 Å². The first-order valence-electron chi connectivity index (χ1n) is 6.88. The molecule has 1 aromatic rings. The van der Waals surface area contributed by atoms with Gasteiger partial charge in [0.15, 0.2) is 0 Å². The lowest BCUT2D eigenvalue weighted by Gasteiger charge is -2.18. The molecule has 0 heterocycles. The smallest absolute Gasteiger partial charge is 0.0210 e. The van der Waals surface area contributed by atoms with Crippen LogP contribution in [0.15, 0.2) is 12.1 Å². The molecule has 1 aliphatic rings. The fraction of sp³-hybridized carbons (Fsp3) is 0.625. The second kappa shape index (κ2) is 5.22. The summed E-state index contributed by atoms with van der Waals surface area (Å²) < 4.78 is 0. The Labute approximate surface area is 106 Å². The van der Waals surface area contributed by atoms with Crippen molar-refractivity contribution in [2.75, 3.05) is 0 Å². The first-order valence-corrected chi connectivity index (χ1v) is 6.88. The summed E-state index contributed by atoms with van der Waals surface area (Å²) in [5.74, 6) is 0.849. The van der Waals surface area contributed by atoms with E-state index in [4.69, 9.17) is 0 Å². The largest absolute Gasteiger partial charge is 0.310 e. The number of benzene rings is 1. The van der Waals surface area contributed by atoms with Crippen LogP contribution in [0.5, 0.6) is 0 Å². The molecule has 94 valence electrons. The number of rotatable bonds is 3. The lowest BCUT2D eigenvalue weighted by atomic mass is 10.00. The molecule has 1 fully saturated rings. The molecule has 1 aromatic carbocycles. The minimum absolute atomic E-state index is 0.732. The molecule has 1 N–H and O–H groups in total. The van der Waals surface area contributed by atoms with Crippen molar-refractivity contribution in [3.63, 3.8) is 0 Å². The first-order chi connectivity index (χ1) is 8.08. The quantitative estimate of drug-likeness (QED) is 0.832. The van der Waals surface area contributed by atoms with Crippen LogP contribution in [-0.2, 0) is 6.54 Å². The average Bonchev–Trinajstić information content (AvgIpc) is 2.68. The van der Waals surface area contributed by atoms with Crippen LogP contribution in [0, 0.1) is 26.7 Å². The Morgan fingerprint density at radius 3 is 2.41 bits per heavy atom. The SMILES string of the molecule is Cc1cc(C)c(CNC2CCCC2C)cc1C. The maximum atomic E-state index is 3.74. The van der Waals surface area contributed by atoms with Gasteiger partial charge in [-0.05, 0) is 61.8 Å². The number of hydrogen-bond acceptors (Lipinski definition) is 1. The normalized spacial score (nSPS) is 24.2. The second-order valence-electron chi connectivity index (χ2n) is 5.76. The lowest BCUT2D eigenvalue weighted by molar-refractivity contribution is 0.425. The minimum atomic E-state index is 0.732. The molecule has 2 atom stereocenters. The Bertz CT molecular complexity index is 395. The van der Waals surface area contributed by atoms with Crippen LogP contribution in [-0.4, -0.2) is 6.04 Å². The molecule has 0 spiro atoms. The Kier molecular flexibility index (Phi) is 3.88. The standard InChI is InChI=1S/C16H25N/c1-11-6-5-7-16(11)17-10-15-9-13(3)12(2)8-14(15)4/h8-9,11,16-17H,5-7,10H2,1-4H3. The van der Waals surface area contributed by atoms with Crippen molar-refractivity contribution < 1.29 is 0 Å². The summed E-state index contributed by atoms with van der Waals surface area (Å²) in [6.07, 6.45) is 4.14.